The van der Waals surface area contributed by atoms with Crippen molar-refractivity contribution >= 4 is 11.9 Å². The summed E-state index contributed by atoms with van der Waals surface area (Å²) in [6, 6.07) is 3.53. The molecule has 0 aliphatic heterocycles. The molecule has 0 heterocycles. The summed E-state index contributed by atoms with van der Waals surface area (Å²) in [4.78, 5) is 22.6. The Kier molecular flexibility index (Phi) is 6.35. The Bertz CT molecular complexity index is 636. The SMILES string of the molecule is C#Cc1cc(CNCC(=O)OC(C)(C)C)c(C)c(CC(=O)O)c1. The summed E-state index contributed by atoms with van der Waals surface area (Å²) < 4.78 is 5.22. The number of carbonyl (C=O) groups is 2. The molecule has 0 saturated heterocycles. The number of hydrogen-bond acceptors (Lipinski definition) is 4. The molecule has 0 atom stereocenters. The molecule has 0 aliphatic rings. The molecule has 5 heteroatoms. The second-order valence-corrected chi connectivity index (χ2v) is 6.32. The van der Waals surface area contributed by atoms with Crippen molar-refractivity contribution in [2.75, 3.05) is 6.54 Å². The van der Waals surface area contributed by atoms with E-state index in [4.69, 9.17) is 16.3 Å². The lowest BCUT2D eigenvalue weighted by molar-refractivity contribution is -0.153. The highest BCUT2D eigenvalue weighted by Crippen LogP contribution is 2.18. The van der Waals surface area contributed by atoms with E-state index in [0.29, 0.717) is 17.7 Å². The number of terminal acetylenes is 1. The fourth-order valence-corrected chi connectivity index (χ4v) is 2.13. The van der Waals surface area contributed by atoms with Crippen LogP contribution in [0.1, 0.15) is 43.0 Å². The van der Waals surface area contributed by atoms with E-state index >= 15 is 0 Å². The fraction of sp³-hybridized carbons (Fsp3) is 0.444. The smallest absolute Gasteiger partial charge is 0.320 e. The van der Waals surface area contributed by atoms with Gasteiger partial charge in [0.25, 0.3) is 0 Å². The lowest BCUT2D eigenvalue weighted by atomic mass is 9.96. The van der Waals surface area contributed by atoms with Crippen LogP contribution in [0.4, 0.5) is 0 Å². The Labute approximate surface area is 137 Å². The van der Waals surface area contributed by atoms with Crippen molar-refractivity contribution in [3.63, 3.8) is 0 Å². The monoisotopic (exact) mass is 317 g/mol. The van der Waals surface area contributed by atoms with E-state index in [2.05, 4.69) is 11.2 Å². The van der Waals surface area contributed by atoms with E-state index in [1.807, 2.05) is 33.8 Å². The van der Waals surface area contributed by atoms with Gasteiger partial charge in [-0.15, -0.1) is 6.42 Å². The van der Waals surface area contributed by atoms with Gasteiger partial charge in [-0.25, -0.2) is 0 Å². The normalized spacial score (nSPS) is 10.9. The van der Waals surface area contributed by atoms with E-state index < -0.39 is 11.6 Å². The Hall–Kier alpha value is -2.32. The molecule has 0 bridgehead atoms. The summed E-state index contributed by atoms with van der Waals surface area (Å²) in [5.74, 6) is 1.28. The molecule has 1 aromatic carbocycles. The third-order valence-corrected chi connectivity index (χ3v) is 3.14. The highest BCUT2D eigenvalue weighted by atomic mass is 16.6. The molecule has 0 amide bonds. The average Bonchev–Trinajstić information content (AvgIpc) is 2.40. The van der Waals surface area contributed by atoms with Crippen LogP contribution in [-0.4, -0.2) is 29.2 Å². The third-order valence-electron chi connectivity index (χ3n) is 3.14. The lowest BCUT2D eigenvalue weighted by Gasteiger charge is -2.19. The predicted molar refractivity (Wildman–Crippen MR) is 88.0 cm³/mol. The molecule has 0 spiro atoms. The van der Waals surface area contributed by atoms with Crippen molar-refractivity contribution in [2.24, 2.45) is 0 Å². The van der Waals surface area contributed by atoms with Gasteiger partial charge in [-0.05, 0) is 56.5 Å². The van der Waals surface area contributed by atoms with Crippen molar-refractivity contribution in [1.29, 1.82) is 0 Å². The minimum Gasteiger partial charge on any atom is -0.481 e. The number of esters is 1. The van der Waals surface area contributed by atoms with E-state index in [9.17, 15) is 9.59 Å². The fourth-order valence-electron chi connectivity index (χ4n) is 2.13. The van der Waals surface area contributed by atoms with Crippen molar-refractivity contribution in [3.05, 3.63) is 34.4 Å². The van der Waals surface area contributed by atoms with Crippen LogP contribution in [0.2, 0.25) is 0 Å². The molecule has 1 aromatic rings. The molecule has 1 rings (SSSR count). The minimum absolute atomic E-state index is 0.0747. The number of benzene rings is 1. The highest BCUT2D eigenvalue weighted by molar-refractivity contribution is 5.72. The first-order valence-corrected chi connectivity index (χ1v) is 7.35. The van der Waals surface area contributed by atoms with Crippen LogP contribution < -0.4 is 5.32 Å². The van der Waals surface area contributed by atoms with Crippen LogP contribution in [-0.2, 0) is 27.3 Å². The number of carboxylic acid groups (broad SMARTS) is 1. The first-order chi connectivity index (χ1) is 10.6. The minimum atomic E-state index is -0.907. The van der Waals surface area contributed by atoms with Gasteiger partial charge in [0.15, 0.2) is 0 Å². The van der Waals surface area contributed by atoms with Crippen LogP contribution >= 0.6 is 0 Å². The van der Waals surface area contributed by atoms with Gasteiger partial charge in [-0.3, -0.25) is 9.59 Å². The van der Waals surface area contributed by atoms with Gasteiger partial charge in [0.2, 0.25) is 0 Å². The van der Waals surface area contributed by atoms with Gasteiger partial charge in [0.05, 0.1) is 13.0 Å². The molecule has 0 aromatic heterocycles. The summed E-state index contributed by atoms with van der Waals surface area (Å²) in [6.45, 7) is 7.76. The van der Waals surface area contributed by atoms with Crippen LogP contribution in [0, 0.1) is 19.3 Å². The molecule has 0 fully saturated rings. The molecule has 0 unspecified atom stereocenters. The van der Waals surface area contributed by atoms with Crippen molar-refractivity contribution in [1.82, 2.24) is 5.32 Å². The van der Waals surface area contributed by atoms with Crippen LogP contribution in [0.25, 0.3) is 0 Å². The first-order valence-electron chi connectivity index (χ1n) is 7.35. The van der Waals surface area contributed by atoms with E-state index in [-0.39, 0.29) is 18.9 Å². The van der Waals surface area contributed by atoms with Gasteiger partial charge in [-0.1, -0.05) is 5.92 Å². The molecule has 0 aliphatic carbocycles. The Morgan fingerprint density at radius 1 is 1.30 bits per heavy atom. The number of nitrogens with one attached hydrogen (secondary N) is 1. The molecular weight excluding hydrogens is 294 g/mol. The van der Waals surface area contributed by atoms with Crippen LogP contribution in [0.5, 0.6) is 0 Å². The molecule has 124 valence electrons. The number of hydrogen-bond donors (Lipinski definition) is 2. The number of ether oxygens (including phenoxy) is 1. The van der Waals surface area contributed by atoms with Crippen molar-refractivity contribution in [2.45, 2.75) is 46.3 Å². The molecule has 23 heavy (non-hydrogen) atoms. The average molecular weight is 317 g/mol. The van der Waals surface area contributed by atoms with Crippen molar-refractivity contribution in [3.8, 4) is 12.3 Å². The summed E-state index contributed by atoms with van der Waals surface area (Å²) >= 11 is 0. The topological polar surface area (TPSA) is 75.6 Å². The predicted octanol–water partition coefficient (Wildman–Crippen LogP) is 2.03. The number of carbonyl (C=O) groups excluding carboxylic acids is 1. The molecular formula is C18H23NO4. The molecule has 2 N–H and O–H groups in total. The lowest BCUT2D eigenvalue weighted by Crippen LogP contribution is -2.31. The number of rotatable bonds is 6. The summed E-state index contributed by atoms with van der Waals surface area (Å²) in [7, 11) is 0. The van der Waals surface area contributed by atoms with Crippen LogP contribution in [0.15, 0.2) is 12.1 Å². The number of carboxylic acids is 1. The zero-order valence-corrected chi connectivity index (χ0v) is 14.0. The zero-order chi connectivity index (χ0) is 17.6. The summed E-state index contributed by atoms with van der Waals surface area (Å²) in [5, 5.41) is 12.0. The largest absolute Gasteiger partial charge is 0.481 e. The van der Waals surface area contributed by atoms with Gasteiger partial charge in [-0.2, -0.15) is 0 Å². The maximum atomic E-state index is 11.7. The van der Waals surface area contributed by atoms with E-state index in [0.717, 1.165) is 11.1 Å². The summed E-state index contributed by atoms with van der Waals surface area (Å²) in [5.41, 5.74) is 2.53. The molecule has 0 saturated carbocycles. The Morgan fingerprint density at radius 3 is 2.43 bits per heavy atom. The van der Waals surface area contributed by atoms with E-state index in [1.54, 1.807) is 6.07 Å². The van der Waals surface area contributed by atoms with Crippen molar-refractivity contribution < 1.29 is 19.4 Å². The van der Waals surface area contributed by atoms with Gasteiger partial charge < -0.3 is 15.2 Å². The van der Waals surface area contributed by atoms with Gasteiger partial charge in [0, 0.05) is 12.1 Å². The second-order valence-electron chi connectivity index (χ2n) is 6.32. The highest BCUT2D eigenvalue weighted by Gasteiger charge is 2.16. The summed E-state index contributed by atoms with van der Waals surface area (Å²) in [6.07, 6.45) is 5.34. The molecule has 0 radical (unpaired) electrons. The standard InChI is InChI=1S/C18H23NO4/c1-6-13-7-14(9-16(20)21)12(2)15(8-13)10-19-11-17(22)23-18(3,4)5/h1,7-8,19H,9-11H2,2-5H3,(H,20,21). The maximum absolute atomic E-state index is 11.7. The zero-order valence-electron chi connectivity index (χ0n) is 14.0. The molecule has 5 nitrogen and oxygen atoms in total. The van der Waals surface area contributed by atoms with Gasteiger partial charge in [0.1, 0.15) is 5.60 Å². The van der Waals surface area contributed by atoms with Gasteiger partial charge >= 0.3 is 11.9 Å². The number of aliphatic carboxylic acids is 1. The second kappa shape index (κ2) is 7.80. The quantitative estimate of drug-likeness (QED) is 0.620. The maximum Gasteiger partial charge on any atom is 0.320 e. The first kappa shape index (κ1) is 18.7. The Morgan fingerprint density at radius 2 is 1.91 bits per heavy atom. The van der Waals surface area contributed by atoms with E-state index in [1.165, 1.54) is 0 Å². The third kappa shape index (κ3) is 6.54. The van der Waals surface area contributed by atoms with Crippen LogP contribution in [0.3, 0.4) is 0 Å². The Balaban J connectivity index is 2.78.